The van der Waals surface area contributed by atoms with Crippen LogP contribution < -0.4 is 5.32 Å². The highest BCUT2D eigenvalue weighted by atomic mass is 127. The van der Waals surface area contributed by atoms with Crippen LogP contribution >= 0.6 is 22.6 Å². The lowest BCUT2D eigenvalue weighted by Crippen LogP contribution is -2.15. The number of aromatic nitrogens is 1. The van der Waals surface area contributed by atoms with Crippen LogP contribution in [0.25, 0.3) is 10.9 Å². The number of fused-ring (bicyclic) bond motifs is 1. The van der Waals surface area contributed by atoms with E-state index in [9.17, 15) is 0 Å². The van der Waals surface area contributed by atoms with Gasteiger partial charge in [0.05, 0.1) is 5.52 Å². The van der Waals surface area contributed by atoms with E-state index in [0.717, 1.165) is 23.0 Å². The first-order chi connectivity index (χ1) is 7.42. The van der Waals surface area contributed by atoms with Gasteiger partial charge in [0.15, 0.2) is 0 Å². The lowest BCUT2D eigenvalue weighted by Gasteiger charge is -2.06. The summed E-state index contributed by atoms with van der Waals surface area (Å²) in [5.41, 5.74) is 2.40. The smallest absolute Gasteiger partial charge is 0.0705 e. The third-order valence-corrected chi connectivity index (χ3v) is 2.87. The maximum atomic E-state index is 4.34. The summed E-state index contributed by atoms with van der Waals surface area (Å²) < 4.78 is 1.14. The van der Waals surface area contributed by atoms with Gasteiger partial charge >= 0.3 is 0 Å². The molecule has 2 aromatic rings. The largest absolute Gasteiger partial charge is 0.312 e. The van der Waals surface area contributed by atoms with E-state index in [4.69, 9.17) is 0 Å². The average Bonchev–Trinajstić information content (AvgIpc) is 2.30. The van der Waals surface area contributed by atoms with Crippen LogP contribution in [-0.2, 0) is 6.54 Å². The first-order valence-electron chi connectivity index (χ1n) is 5.01. The summed E-state index contributed by atoms with van der Waals surface area (Å²) in [6.07, 6.45) is 1.88. The van der Waals surface area contributed by atoms with Gasteiger partial charge in [-0.2, -0.15) is 0 Å². The molecule has 0 aliphatic rings. The number of hydrogen-bond donors (Lipinski definition) is 1. The van der Waals surface area contributed by atoms with E-state index >= 15 is 0 Å². The van der Waals surface area contributed by atoms with Gasteiger partial charge in [0, 0.05) is 29.1 Å². The van der Waals surface area contributed by atoms with Gasteiger partial charge in [-0.25, -0.2) is 0 Å². The summed E-state index contributed by atoms with van der Waals surface area (Å²) in [5.74, 6) is 0. The highest BCUT2D eigenvalue weighted by molar-refractivity contribution is 14.1. The Balaban J connectivity index is 2.26. The molecule has 1 aromatic carbocycles. The molecule has 15 heavy (non-hydrogen) atoms. The molecule has 0 aliphatic heterocycles. The Morgan fingerprint density at radius 1 is 1.20 bits per heavy atom. The number of benzene rings is 1. The number of rotatable bonds is 4. The Labute approximate surface area is 103 Å². The molecule has 3 heteroatoms. The molecule has 0 aliphatic carbocycles. The molecule has 0 saturated heterocycles. The predicted molar refractivity (Wildman–Crippen MR) is 72.3 cm³/mol. The van der Waals surface area contributed by atoms with E-state index in [1.807, 2.05) is 12.3 Å². The van der Waals surface area contributed by atoms with Crippen molar-refractivity contribution in [3.63, 3.8) is 0 Å². The molecule has 0 amide bonds. The number of nitrogens with one attached hydrogen (secondary N) is 1. The van der Waals surface area contributed by atoms with Crippen LogP contribution in [0.4, 0.5) is 0 Å². The number of hydrogen-bond acceptors (Lipinski definition) is 2. The molecule has 0 bridgehead atoms. The molecule has 2 nitrogen and oxygen atoms in total. The van der Waals surface area contributed by atoms with Crippen molar-refractivity contribution in [3.8, 4) is 0 Å². The second-order valence-electron chi connectivity index (χ2n) is 3.35. The molecular weight excluding hydrogens is 299 g/mol. The van der Waals surface area contributed by atoms with E-state index in [2.05, 4.69) is 57.2 Å². The number of pyridine rings is 1. The highest BCUT2D eigenvalue weighted by Gasteiger charge is 1.99. The molecule has 1 N–H and O–H groups in total. The number of alkyl halides is 1. The molecule has 0 saturated carbocycles. The summed E-state index contributed by atoms with van der Waals surface area (Å²) in [7, 11) is 0. The Hall–Kier alpha value is -0.680. The summed E-state index contributed by atoms with van der Waals surface area (Å²) >= 11 is 2.37. The van der Waals surface area contributed by atoms with Crippen LogP contribution in [-0.4, -0.2) is 16.0 Å². The SMILES string of the molecule is ICCNCc1ccnc2ccccc12. The first kappa shape index (κ1) is 10.8. The molecule has 1 heterocycles. The predicted octanol–water partition coefficient (Wildman–Crippen LogP) is 2.76. The minimum atomic E-state index is 0.923. The molecule has 0 atom stereocenters. The van der Waals surface area contributed by atoms with Gasteiger partial charge in [-0.15, -0.1) is 0 Å². The van der Waals surface area contributed by atoms with Crippen molar-refractivity contribution in [1.82, 2.24) is 10.3 Å². The molecule has 1 aromatic heterocycles. The normalized spacial score (nSPS) is 10.7. The standard InChI is InChI=1S/C12H13IN2/c13-6-8-14-9-10-5-7-15-12-4-2-1-3-11(10)12/h1-5,7,14H,6,8-9H2. The fraction of sp³-hybridized carbons (Fsp3) is 0.250. The maximum absolute atomic E-state index is 4.34. The van der Waals surface area contributed by atoms with Crippen LogP contribution in [0.3, 0.4) is 0 Å². The van der Waals surface area contributed by atoms with Crippen LogP contribution in [0.2, 0.25) is 0 Å². The quantitative estimate of drug-likeness (QED) is 0.533. The van der Waals surface area contributed by atoms with Crippen molar-refractivity contribution in [3.05, 3.63) is 42.1 Å². The lowest BCUT2D eigenvalue weighted by molar-refractivity contribution is 0.740. The number of para-hydroxylation sites is 1. The molecule has 0 unspecified atom stereocenters. The first-order valence-corrected chi connectivity index (χ1v) is 6.53. The zero-order valence-corrected chi connectivity index (χ0v) is 10.6. The zero-order valence-electron chi connectivity index (χ0n) is 8.41. The van der Waals surface area contributed by atoms with Gasteiger partial charge in [0.1, 0.15) is 0 Å². The van der Waals surface area contributed by atoms with E-state index in [1.54, 1.807) is 0 Å². The van der Waals surface area contributed by atoms with Crippen molar-refractivity contribution in [1.29, 1.82) is 0 Å². The van der Waals surface area contributed by atoms with E-state index in [0.29, 0.717) is 0 Å². The van der Waals surface area contributed by atoms with Gasteiger partial charge in [0.2, 0.25) is 0 Å². The minimum absolute atomic E-state index is 0.923. The molecule has 0 spiro atoms. The van der Waals surface area contributed by atoms with Crippen molar-refractivity contribution in [2.75, 3.05) is 11.0 Å². The minimum Gasteiger partial charge on any atom is -0.312 e. The number of nitrogens with zero attached hydrogens (tertiary/aromatic N) is 1. The molecular formula is C12H13IN2. The third kappa shape index (κ3) is 2.66. The van der Waals surface area contributed by atoms with Gasteiger partial charge in [-0.3, -0.25) is 4.98 Å². The van der Waals surface area contributed by atoms with E-state index in [1.165, 1.54) is 10.9 Å². The Morgan fingerprint density at radius 2 is 2.07 bits per heavy atom. The molecule has 0 fully saturated rings. The summed E-state index contributed by atoms with van der Waals surface area (Å²) in [4.78, 5) is 4.34. The summed E-state index contributed by atoms with van der Waals surface area (Å²) in [6.45, 7) is 1.98. The summed E-state index contributed by atoms with van der Waals surface area (Å²) in [5, 5.41) is 4.66. The summed E-state index contributed by atoms with van der Waals surface area (Å²) in [6, 6.07) is 10.4. The van der Waals surface area contributed by atoms with Gasteiger partial charge in [-0.05, 0) is 17.7 Å². The van der Waals surface area contributed by atoms with Crippen LogP contribution in [0.5, 0.6) is 0 Å². The van der Waals surface area contributed by atoms with Gasteiger partial charge < -0.3 is 5.32 Å². The van der Waals surface area contributed by atoms with Crippen molar-refractivity contribution in [2.24, 2.45) is 0 Å². The fourth-order valence-electron chi connectivity index (χ4n) is 1.60. The van der Waals surface area contributed by atoms with Gasteiger partial charge in [0.25, 0.3) is 0 Å². The maximum Gasteiger partial charge on any atom is 0.0705 e. The monoisotopic (exact) mass is 312 g/mol. The lowest BCUT2D eigenvalue weighted by atomic mass is 10.1. The Kier molecular flexibility index (Phi) is 3.91. The van der Waals surface area contributed by atoms with Crippen molar-refractivity contribution < 1.29 is 0 Å². The molecule has 2 rings (SSSR count). The Bertz CT molecular complexity index is 437. The second kappa shape index (κ2) is 5.42. The van der Waals surface area contributed by atoms with Crippen LogP contribution in [0.15, 0.2) is 36.5 Å². The zero-order chi connectivity index (χ0) is 10.5. The van der Waals surface area contributed by atoms with Crippen LogP contribution in [0.1, 0.15) is 5.56 Å². The van der Waals surface area contributed by atoms with Crippen molar-refractivity contribution in [2.45, 2.75) is 6.54 Å². The highest BCUT2D eigenvalue weighted by Crippen LogP contribution is 2.15. The number of halogens is 1. The fourth-order valence-corrected chi connectivity index (χ4v) is 1.98. The molecule has 0 radical (unpaired) electrons. The van der Waals surface area contributed by atoms with E-state index < -0.39 is 0 Å². The van der Waals surface area contributed by atoms with Gasteiger partial charge in [-0.1, -0.05) is 40.8 Å². The average molecular weight is 312 g/mol. The topological polar surface area (TPSA) is 24.9 Å². The molecule has 78 valence electrons. The van der Waals surface area contributed by atoms with Crippen LogP contribution in [0, 0.1) is 0 Å². The Morgan fingerprint density at radius 3 is 2.93 bits per heavy atom. The third-order valence-electron chi connectivity index (χ3n) is 2.33. The van der Waals surface area contributed by atoms with Crippen molar-refractivity contribution >= 4 is 33.5 Å². The van der Waals surface area contributed by atoms with E-state index in [-0.39, 0.29) is 0 Å². The second-order valence-corrected chi connectivity index (χ2v) is 4.43.